The lowest BCUT2D eigenvalue weighted by molar-refractivity contribution is 0.429. The van der Waals surface area contributed by atoms with E-state index in [1.165, 1.54) is 10.9 Å². The summed E-state index contributed by atoms with van der Waals surface area (Å²) < 4.78 is 6.04. The monoisotopic (exact) mass is 273 g/mol. The first-order valence-electron chi connectivity index (χ1n) is 7.70. The molecule has 2 rings (SSSR count). The van der Waals surface area contributed by atoms with Crippen LogP contribution in [0, 0.1) is 0 Å². The van der Waals surface area contributed by atoms with Gasteiger partial charge in [-0.15, -0.1) is 0 Å². The SMILES string of the molecule is CCc1oc2ccccc2c1C(C)(C)CCNC(C)C. The van der Waals surface area contributed by atoms with Crippen LogP contribution in [0.5, 0.6) is 0 Å². The number of furan rings is 1. The molecule has 1 aromatic carbocycles. The Bertz CT molecular complexity index is 566. The van der Waals surface area contributed by atoms with Crippen LogP contribution in [-0.2, 0) is 11.8 Å². The van der Waals surface area contributed by atoms with Gasteiger partial charge in [0.25, 0.3) is 0 Å². The molecule has 0 aliphatic heterocycles. The fourth-order valence-electron chi connectivity index (χ4n) is 2.89. The summed E-state index contributed by atoms with van der Waals surface area (Å²) in [4.78, 5) is 0. The molecule has 1 aromatic heterocycles. The molecule has 0 saturated heterocycles. The van der Waals surface area contributed by atoms with Gasteiger partial charge in [-0.25, -0.2) is 0 Å². The van der Waals surface area contributed by atoms with E-state index in [0.29, 0.717) is 6.04 Å². The number of nitrogens with one attached hydrogen (secondary N) is 1. The van der Waals surface area contributed by atoms with Gasteiger partial charge in [-0.1, -0.05) is 52.8 Å². The Morgan fingerprint density at radius 3 is 2.55 bits per heavy atom. The molecule has 2 aromatic rings. The summed E-state index contributed by atoms with van der Waals surface area (Å²) in [6.07, 6.45) is 2.06. The largest absolute Gasteiger partial charge is 0.461 e. The second-order valence-electron chi connectivity index (χ2n) is 6.49. The molecule has 1 N–H and O–H groups in total. The lowest BCUT2D eigenvalue weighted by atomic mass is 9.79. The van der Waals surface area contributed by atoms with Crippen LogP contribution in [0.3, 0.4) is 0 Å². The van der Waals surface area contributed by atoms with Gasteiger partial charge < -0.3 is 9.73 Å². The molecule has 2 nitrogen and oxygen atoms in total. The van der Waals surface area contributed by atoms with E-state index in [1.807, 2.05) is 6.07 Å². The van der Waals surface area contributed by atoms with E-state index in [2.05, 4.69) is 58.1 Å². The maximum atomic E-state index is 6.04. The van der Waals surface area contributed by atoms with Crippen molar-refractivity contribution in [1.82, 2.24) is 5.32 Å². The zero-order valence-corrected chi connectivity index (χ0v) is 13.4. The summed E-state index contributed by atoms with van der Waals surface area (Å²) in [7, 11) is 0. The lowest BCUT2D eigenvalue weighted by Crippen LogP contribution is -2.30. The topological polar surface area (TPSA) is 25.2 Å². The minimum Gasteiger partial charge on any atom is -0.461 e. The van der Waals surface area contributed by atoms with Crippen molar-refractivity contribution in [3.05, 3.63) is 35.6 Å². The van der Waals surface area contributed by atoms with Crippen LogP contribution in [-0.4, -0.2) is 12.6 Å². The van der Waals surface area contributed by atoms with Crippen molar-refractivity contribution in [2.75, 3.05) is 6.54 Å². The summed E-state index contributed by atoms with van der Waals surface area (Å²) in [5, 5.41) is 4.80. The summed E-state index contributed by atoms with van der Waals surface area (Å²) in [5.74, 6) is 1.14. The molecule has 0 unspecified atom stereocenters. The average Bonchev–Trinajstić information content (AvgIpc) is 2.77. The van der Waals surface area contributed by atoms with Crippen molar-refractivity contribution < 1.29 is 4.42 Å². The van der Waals surface area contributed by atoms with Crippen LogP contribution >= 0.6 is 0 Å². The molecule has 0 atom stereocenters. The molecular weight excluding hydrogens is 246 g/mol. The number of fused-ring (bicyclic) bond motifs is 1. The fraction of sp³-hybridized carbons (Fsp3) is 0.556. The fourth-order valence-corrected chi connectivity index (χ4v) is 2.89. The van der Waals surface area contributed by atoms with Crippen LogP contribution in [0.15, 0.2) is 28.7 Å². The number of aryl methyl sites for hydroxylation is 1. The molecule has 0 fully saturated rings. The molecule has 0 radical (unpaired) electrons. The third kappa shape index (κ3) is 3.06. The second kappa shape index (κ2) is 6.01. The first-order chi connectivity index (χ1) is 9.45. The standard InChI is InChI=1S/C18H27NO/c1-6-15-17(14-9-7-8-10-16(14)20-15)18(4,5)11-12-19-13(2)3/h7-10,13,19H,6,11-12H2,1-5H3. The van der Waals surface area contributed by atoms with Gasteiger partial charge in [0.1, 0.15) is 11.3 Å². The highest BCUT2D eigenvalue weighted by molar-refractivity contribution is 5.83. The highest BCUT2D eigenvalue weighted by atomic mass is 16.3. The molecule has 1 heterocycles. The Morgan fingerprint density at radius 2 is 1.90 bits per heavy atom. The Labute approximate surface area is 122 Å². The van der Waals surface area contributed by atoms with Crippen LogP contribution in [0.4, 0.5) is 0 Å². The van der Waals surface area contributed by atoms with Crippen LogP contribution in [0.2, 0.25) is 0 Å². The smallest absolute Gasteiger partial charge is 0.134 e. The first-order valence-corrected chi connectivity index (χ1v) is 7.70. The van der Waals surface area contributed by atoms with Gasteiger partial charge in [0, 0.05) is 23.4 Å². The minimum atomic E-state index is 0.125. The Morgan fingerprint density at radius 1 is 1.20 bits per heavy atom. The molecule has 0 spiro atoms. The minimum absolute atomic E-state index is 0.125. The van der Waals surface area contributed by atoms with Crippen molar-refractivity contribution in [2.24, 2.45) is 0 Å². The number of hydrogen-bond donors (Lipinski definition) is 1. The molecule has 20 heavy (non-hydrogen) atoms. The molecule has 0 aliphatic rings. The number of para-hydroxylation sites is 1. The summed E-state index contributed by atoms with van der Waals surface area (Å²) in [5.41, 5.74) is 2.53. The summed E-state index contributed by atoms with van der Waals surface area (Å²) in [6, 6.07) is 8.94. The molecule has 2 heteroatoms. The number of benzene rings is 1. The quantitative estimate of drug-likeness (QED) is 0.828. The molecule has 110 valence electrons. The Kier molecular flexibility index (Phi) is 4.54. The van der Waals surface area contributed by atoms with Crippen LogP contribution in [0.1, 0.15) is 52.4 Å². The molecular formula is C18H27NO. The van der Waals surface area contributed by atoms with Gasteiger partial charge in [-0.3, -0.25) is 0 Å². The zero-order chi connectivity index (χ0) is 14.8. The summed E-state index contributed by atoms with van der Waals surface area (Å²) >= 11 is 0. The van der Waals surface area contributed by atoms with Gasteiger partial charge in [-0.2, -0.15) is 0 Å². The first kappa shape index (κ1) is 15.1. The van der Waals surface area contributed by atoms with E-state index in [4.69, 9.17) is 4.42 Å². The Balaban J connectivity index is 2.34. The normalized spacial score (nSPS) is 12.5. The predicted octanol–water partition coefficient (Wildman–Crippen LogP) is 4.66. The maximum absolute atomic E-state index is 6.04. The van der Waals surface area contributed by atoms with Gasteiger partial charge in [-0.05, 0) is 24.4 Å². The average molecular weight is 273 g/mol. The number of hydrogen-bond acceptors (Lipinski definition) is 2. The third-order valence-corrected chi connectivity index (χ3v) is 3.97. The second-order valence-corrected chi connectivity index (χ2v) is 6.49. The maximum Gasteiger partial charge on any atom is 0.134 e. The van der Waals surface area contributed by atoms with E-state index < -0.39 is 0 Å². The van der Waals surface area contributed by atoms with E-state index in [-0.39, 0.29) is 5.41 Å². The highest BCUT2D eigenvalue weighted by Gasteiger charge is 2.28. The van der Waals surface area contributed by atoms with E-state index in [1.54, 1.807) is 0 Å². The van der Waals surface area contributed by atoms with Crippen molar-refractivity contribution in [2.45, 2.75) is 58.9 Å². The lowest BCUT2D eigenvalue weighted by Gasteiger charge is -2.26. The summed E-state index contributed by atoms with van der Waals surface area (Å²) in [6.45, 7) is 12.2. The highest BCUT2D eigenvalue weighted by Crippen LogP contribution is 2.37. The van der Waals surface area contributed by atoms with Gasteiger partial charge >= 0.3 is 0 Å². The van der Waals surface area contributed by atoms with E-state index in [0.717, 1.165) is 30.7 Å². The van der Waals surface area contributed by atoms with Crippen molar-refractivity contribution in [1.29, 1.82) is 0 Å². The van der Waals surface area contributed by atoms with Gasteiger partial charge in [0.15, 0.2) is 0 Å². The van der Waals surface area contributed by atoms with Crippen molar-refractivity contribution in [3.63, 3.8) is 0 Å². The van der Waals surface area contributed by atoms with Crippen LogP contribution in [0.25, 0.3) is 11.0 Å². The third-order valence-electron chi connectivity index (χ3n) is 3.97. The Hall–Kier alpha value is -1.28. The predicted molar refractivity (Wildman–Crippen MR) is 86.4 cm³/mol. The van der Waals surface area contributed by atoms with Gasteiger partial charge in [0.05, 0.1) is 0 Å². The molecule has 0 bridgehead atoms. The van der Waals surface area contributed by atoms with E-state index in [9.17, 15) is 0 Å². The molecule has 0 aliphatic carbocycles. The van der Waals surface area contributed by atoms with Crippen molar-refractivity contribution >= 4 is 11.0 Å². The molecule has 0 saturated carbocycles. The molecule has 0 amide bonds. The van der Waals surface area contributed by atoms with E-state index >= 15 is 0 Å². The zero-order valence-electron chi connectivity index (χ0n) is 13.4. The van der Waals surface area contributed by atoms with Crippen molar-refractivity contribution in [3.8, 4) is 0 Å². The number of rotatable bonds is 6. The van der Waals surface area contributed by atoms with Gasteiger partial charge in [0.2, 0.25) is 0 Å². The van der Waals surface area contributed by atoms with Crippen LogP contribution < -0.4 is 5.32 Å².